The third-order valence-electron chi connectivity index (χ3n) is 4.57. The topological polar surface area (TPSA) is 38.2 Å². The summed E-state index contributed by atoms with van der Waals surface area (Å²) in [7, 11) is 0. The molecule has 4 rings (SSSR count). The maximum atomic E-state index is 6.38. The fourth-order valence-electron chi connectivity index (χ4n) is 3.30. The van der Waals surface area contributed by atoms with E-state index in [4.69, 9.17) is 16.3 Å². The van der Waals surface area contributed by atoms with Gasteiger partial charge >= 0.3 is 0 Å². The molecule has 1 fully saturated rings. The van der Waals surface area contributed by atoms with E-state index < -0.39 is 0 Å². The van der Waals surface area contributed by atoms with E-state index in [0.717, 1.165) is 64.2 Å². The van der Waals surface area contributed by atoms with E-state index in [-0.39, 0.29) is 5.60 Å². The van der Waals surface area contributed by atoms with E-state index in [0.29, 0.717) is 0 Å². The number of aromatic nitrogens is 2. The number of anilines is 1. The third-order valence-corrected chi connectivity index (χ3v) is 6.34. The van der Waals surface area contributed by atoms with E-state index in [9.17, 15) is 0 Å². The van der Waals surface area contributed by atoms with Crippen molar-refractivity contribution in [3.05, 3.63) is 32.7 Å². The minimum atomic E-state index is -0.0455. The Morgan fingerprint density at radius 1 is 1.23 bits per heavy atom. The zero-order valence-electron chi connectivity index (χ0n) is 11.9. The first-order valence-corrected chi connectivity index (χ1v) is 9.34. The number of nitrogens with zero attached hydrogens (tertiary/aromatic N) is 3. The van der Waals surface area contributed by atoms with Gasteiger partial charge in [0.05, 0.1) is 0 Å². The molecule has 2 aliphatic rings. The first-order valence-electron chi connectivity index (χ1n) is 7.36. The van der Waals surface area contributed by atoms with Crippen LogP contribution in [-0.4, -0.2) is 28.9 Å². The Labute approximate surface area is 146 Å². The molecule has 116 valence electrons. The van der Waals surface area contributed by atoms with Crippen molar-refractivity contribution in [1.29, 1.82) is 0 Å². The lowest BCUT2D eigenvalue weighted by Gasteiger charge is -2.44. The summed E-state index contributed by atoms with van der Waals surface area (Å²) in [6.07, 6.45) is 4.06. The average molecular weight is 401 g/mol. The lowest BCUT2D eigenvalue weighted by atomic mass is 9.83. The molecule has 0 saturated carbocycles. The number of hydrogen-bond donors (Lipinski definition) is 0. The molecule has 7 heteroatoms. The fourth-order valence-corrected chi connectivity index (χ4v) is 4.70. The average Bonchev–Trinajstić information content (AvgIpc) is 2.95. The fraction of sp³-hybridized carbons (Fsp3) is 0.467. The van der Waals surface area contributed by atoms with E-state index >= 15 is 0 Å². The maximum Gasteiger partial charge on any atom is 0.209 e. The Balaban J connectivity index is 1.49. The second kappa shape index (κ2) is 5.65. The second-order valence-corrected chi connectivity index (χ2v) is 8.47. The summed E-state index contributed by atoms with van der Waals surface area (Å²) in [6.45, 7) is 1.91. The van der Waals surface area contributed by atoms with Crippen LogP contribution in [0, 0.1) is 0 Å². The molecule has 2 aliphatic heterocycles. The molecule has 0 bridgehead atoms. The molecule has 0 aliphatic carbocycles. The van der Waals surface area contributed by atoms with E-state index in [1.165, 1.54) is 0 Å². The van der Waals surface area contributed by atoms with Crippen LogP contribution in [0.25, 0.3) is 0 Å². The molecule has 0 unspecified atom stereocenters. The van der Waals surface area contributed by atoms with Crippen LogP contribution in [0.1, 0.15) is 24.8 Å². The molecule has 0 N–H and O–H groups in total. The van der Waals surface area contributed by atoms with Crippen molar-refractivity contribution in [1.82, 2.24) is 10.2 Å². The molecular weight excluding hydrogens is 386 g/mol. The van der Waals surface area contributed by atoms with Gasteiger partial charge in [-0.3, -0.25) is 0 Å². The molecule has 3 heterocycles. The van der Waals surface area contributed by atoms with E-state index in [2.05, 4.69) is 31.0 Å². The first-order chi connectivity index (χ1) is 10.7. The van der Waals surface area contributed by atoms with Crippen LogP contribution in [-0.2, 0) is 6.42 Å². The molecule has 1 aromatic heterocycles. The zero-order valence-corrected chi connectivity index (χ0v) is 15.0. The Kier molecular flexibility index (Phi) is 3.78. The Morgan fingerprint density at radius 2 is 2.05 bits per heavy atom. The van der Waals surface area contributed by atoms with Gasteiger partial charge in [0.15, 0.2) is 3.92 Å². The van der Waals surface area contributed by atoms with Gasteiger partial charge in [0.2, 0.25) is 5.13 Å². The van der Waals surface area contributed by atoms with Gasteiger partial charge in [0.25, 0.3) is 0 Å². The summed E-state index contributed by atoms with van der Waals surface area (Å²) in [5, 5.41) is 10.1. The van der Waals surface area contributed by atoms with Crippen LogP contribution in [0.3, 0.4) is 0 Å². The quantitative estimate of drug-likeness (QED) is 0.714. The summed E-state index contributed by atoms with van der Waals surface area (Å²) in [6, 6.07) is 5.95. The van der Waals surface area contributed by atoms with Gasteiger partial charge in [0, 0.05) is 36.5 Å². The van der Waals surface area contributed by atoms with Crippen molar-refractivity contribution in [2.45, 2.75) is 31.3 Å². The normalized spacial score (nSPS) is 19.8. The van der Waals surface area contributed by atoms with Crippen molar-refractivity contribution in [2.24, 2.45) is 0 Å². The van der Waals surface area contributed by atoms with Crippen molar-refractivity contribution in [3.63, 3.8) is 0 Å². The first kappa shape index (κ1) is 14.7. The summed E-state index contributed by atoms with van der Waals surface area (Å²) in [5.41, 5.74) is 1.11. The highest BCUT2D eigenvalue weighted by molar-refractivity contribution is 9.11. The number of benzene rings is 1. The summed E-state index contributed by atoms with van der Waals surface area (Å²) in [4.78, 5) is 2.30. The largest absolute Gasteiger partial charge is 0.487 e. The van der Waals surface area contributed by atoms with Gasteiger partial charge in [-0.2, -0.15) is 0 Å². The lowest BCUT2D eigenvalue weighted by Crippen LogP contribution is -2.49. The van der Waals surface area contributed by atoms with Gasteiger partial charge in [0.1, 0.15) is 11.4 Å². The van der Waals surface area contributed by atoms with Gasteiger partial charge in [-0.05, 0) is 40.9 Å². The van der Waals surface area contributed by atoms with Crippen LogP contribution in [0.2, 0.25) is 5.02 Å². The van der Waals surface area contributed by atoms with Crippen LogP contribution < -0.4 is 9.64 Å². The number of rotatable bonds is 1. The van der Waals surface area contributed by atoms with Crippen molar-refractivity contribution in [3.8, 4) is 5.75 Å². The number of fused-ring (bicyclic) bond motifs is 1. The molecule has 2 aromatic rings. The molecule has 0 atom stereocenters. The number of ether oxygens (including phenoxy) is 1. The number of halogens is 2. The maximum absolute atomic E-state index is 6.38. The van der Waals surface area contributed by atoms with Crippen LogP contribution >= 0.6 is 38.9 Å². The predicted octanol–water partition coefficient (Wildman–Crippen LogP) is 4.32. The minimum absolute atomic E-state index is 0.0455. The smallest absolute Gasteiger partial charge is 0.209 e. The Morgan fingerprint density at radius 3 is 2.77 bits per heavy atom. The lowest BCUT2D eigenvalue weighted by molar-refractivity contribution is 0.0226. The van der Waals surface area contributed by atoms with Crippen LogP contribution in [0.5, 0.6) is 5.75 Å². The monoisotopic (exact) mass is 399 g/mol. The van der Waals surface area contributed by atoms with Gasteiger partial charge < -0.3 is 9.64 Å². The highest BCUT2D eigenvalue weighted by Gasteiger charge is 2.40. The van der Waals surface area contributed by atoms with Crippen molar-refractivity contribution < 1.29 is 4.74 Å². The van der Waals surface area contributed by atoms with Crippen LogP contribution in [0.4, 0.5) is 5.13 Å². The standard InChI is InChI=1S/C15H15BrClN3OS/c16-13-18-19-14(22-13)20-8-6-15(7-9-20)5-4-10-11(17)2-1-3-12(10)21-15/h1-3H,4-9H2. The summed E-state index contributed by atoms with van der Waals surface area (Å²) < 4.78 is 7.21. The molecular formula is C15H15BrClN3OS. The Hall–Kier alpha value is -0.850. The molecule has 22 heavy (non-hydrogen) atoms. The number of piperidine rings is 1. The van der Waals surface area contributed by atoms with Gasteiger partial charge in [-0.15, -0.1) is 10.2 Å². The van der Waals surface area contributed by atoms with E-state index in [1.54, 1.807) is 11.3 Å². The summed E-state index contributed by atoms with van der Waals surface area (Å²) >= 11 is 11.2. The number of hydrogen-bond acceptors (Lipinski definition) is 5. The molecule has 0 radical (unpaired) electrons. The SMILES string of the molecule is Clc1cccc2c1CCC1(CCN(c3nnc(Br)s3)CC1)O2. The molecule has 1 spiro atoms. The Bertz CT molecular complexity index is 700. The second-order valence-electron chi connectivity index (χ2n) is 5.83. The van der Waals surface area contributed by atoms with E-state index in [1.807, 2.05) is 18.2 Å². The van der Waals surface area contributed by atoms with Gasteiger partial charge in [-0.1, -0.05) is 29.0 Å². The van der Waals surface area contributed by atoms with Gasteiger partial charge in [-0.25, -0.2) is 0 Å². The zero-order chi connectivity index (χ0) is 15.2. The molecule has 0 amide bonds. The third kappa shape index (κ3) is 2.61. The van der Waals surface area contributed by atoms with Crippen LogP contribution in [0.15, 0.2) is 22.1 Å². The highest BCUT2D eigenvalue weighted by atomic mass is 79.9. The predicted molar refractivity (Wildman–Crippen MR) is 92.2 cm³/mol. The molecule has 4 nitrogen and oxygen atoms in total. The minimum Gasteiger partial charge on any atom is -0.487 e. The van der Waals surface area contributed by atoms with Crippen molar-refractivity contribution >= 4 is 44.0 Å². The van der Waals surface area contributed by atoms with Crippen molar-refractivity contribution in [2.75, 3.05) is 18.0 Å². The highest BCUT2D eigenvalue weighted by Crippen LogP contribution is 2.42. The summed E-state index contributed by atoms with van der Waals surface area (Å²) in [5.74, 6) is 0.964. The molecule has 1 aromatic carbocycles. The molecule has 1 saturated heterocycles.